The Hall–Kier alpha value is -2.09. The maximum absolute atomic E-state index is 11.0. The highest BCUT2D eigenvalue weighted by Crippen LogP contribution is 2.16. The number of rotatable bonds is 3. The van der Waals surface area contributed by atoms with Crippen molar-refractivity contribution in [3.05, 3.63) is 23.5 Å². The number of methoxy groups -OCH3 is 2. The number of carbonyl (C=O) groups excluding carboxylic acids is 1. The van der Waals surface area contributed by atoms with E-state index >= 15 is 0 Å². The van der Waals surface area contributed by atoms with Gasteiger partial charge in [0.05, 0.1) is 38.1 Å². The molecule has 0 amide bonds. The van der Waals surface area contributed by atoms with Crippen LogP contribution in [0.1, 0.15) is 11.3 Å². The summed E-state index contributed by atoms with van der Waals surface area (Å²) in [6, 6.07) is 3.47. The van der Waals surface area contributed by atoms with E-state index in [1.54, 1.807) is 0 Å². The van der Waals surface area contributed by atoms with Gasteiger partial charge in [-0.3, -0.25) is 9.78 Å². The van der Waals surface area contributed by atoms with Crippen molar-refractivity contribution in [2.75, 3.05) is 14.2 Å². The van der Waals surface area contributed by atoms with E-state index in [1.165, 1.54) is 26.5 Å². The van der Waals surface area contributed by atoms with Gasteiger partial charge in [0.2, 0.25) is 0 Å². The third-order valence-corrected chi connectivity index (χ3v) is 1.82. The van der Waals surface area contributed by atoms with Gasteiger partial charge >= 0.3 is 5.97 Å². The second kappa shape index (κ2) is 4.96. The number of pyridine rings is 1. The minimum absolute atomic E-state index is 0.0508. The van der Waals surface area contributed by atoms with Crippen molar-refractivity contribution in [2.45, 2.75) is 6.42 Å². The van der Waals surface area contributed by atoms with Gasteiger partial charge in [0.25, 0.3) is 0 Å². The van der Waals surface area contributed by atoms with Crippen molar-refractivity contribution in [3.63, 3.8) is 0 Å². The molecule has 0 atom stereocenters. The molecule has 5 nitrogen and oxygen atoms in total. The van der Waals surface area contributed by atoms with Crippen LogP contribution in [0.3, 0.4) is 0 Å². The molecule has 0 saturated heterocycles. The molecule has 5 heteroatoms. The molecule has 0 saturated carbocycles. The molecule has 1 heterocycles. The molecule has 1 aromatic rings. The largest absolute Gasteiger partial charge is 0.494 e. The van der Waals surface area contributed by atoms with Crippen molar-refractivity contribution < 1.29 is 14.3 Å². The summed E-state index contributed by atoms with van der Waals surface area (Å²) in [6.07, 6.45) is 1.46. The lowest BCUT2D eigenvalue weighted by Crippen LogP contribution is -2.06. The minimum Gasteiger partial charge on any atom is -0.494 e. The highest BCUT2D eigenvalue weighted by molar-refractivity contribution is 5.72. The molecule has 0 aromatic carbocycles. The summed E-state index contributed by atoms with van der Waals surface area (Å²) in [5, 5.41) is 8.79. The van der Waals surface area contributed by atoms with E-state index in [1.807, 2.05) is 6.07 Å². The second-order valence-electron chi connectivity index (χ2n) is 2.74. The zero-order valence-electron chi connectivity index (χ0n) is 8.48. The van der Waals surface area contributed by atoms with E-state index in [-0.39, 0.29) is 6.42 Å². The van der Waals surface area contributed by atoms with Crippen molar-refractivity contribution in [3.8, 4) is 11.8 Å². The quantitative estimate of drug-likeness (QED) is 0.680. The predicted octanol–water partition coefficient (Wildman–Crippen LogP) is 0.677. The Kier molecular flexibility index (Phi) is 3.63. The number of aromatic nitrogens is 1. The number of hydrogen-bond acceptors (Lipinski definition) is 5. The van der Waals surface area contributed by atoms with E-state index < -0.39 is 5.97 Å². The van der Waals surface area contributed by atoms with Crippen molar-refractivity contribution in [1.82, 2.24) is 4.98 Å². The van der Waals surface area contributed by atoms with Crippen LogP contribution in [0, 0.1) is 11.3 Å². The molecule has 1 aromatic heterocycles. The standard InChI is InChI=1S/C10H10N2O3/c1-14-9-6-12-8(3-7(9)5-11)4-10(13)15-2/h3,6H,4H2,1-2H3. The summed E-state index contributed by atoms with van der Waals surface area (Å²) in [4.78, 5) is 14.9. The Balaban J connectivity index is 2.94. The monoisotopic (exact) mass is 206 g/mol. The Morgan fingerprint density at radius 3 is 2.87 bits per heavy atom. The van der Waals surface area contributed by atoms with Gasteiger partial charge < -0.3 is 9.47 Å². The molecule has 0 unspecified atom stereocenters. The van der Waals surface area contributed by atoms with Crippen molar-refractivity contribution in [2.24, 2.45) is 0 Å². The fourth-order valence-corrected chi connectivity index (χ4v) is 1.05. The number of hydrogen-bond donors (Lipinski definition) is 0. The van der Waals surface area contributed by atoms with Crippen LogP contribution in [-0.2, 0) is 16.0 Å². The Bertz CT molecular complexity index is 410. The molecule has 0 spiro atoms. The molecule has 0 aliphatic heterocycles. The first-order valence-corrected chi connectivity index (χ1v) is 4.21. The first-order chi connectivity index (χ1) is 7.21. The molecular weight excluding hydrogens is 196 g/mol. The highest BCUT2D eigenvalue weighted by Gasteiger charge is 2.08. The van der Waals surface area contributed by atoms with E-state index in [9.17, 15) is 4.79 Å². The van der Waals surface area contributed by atoms with E-state index in [4.69, 9.17) is 10.00 Å². The normalized spacial score (nSPS) is 9.13. The summed E-state index contributed by atoms with van der Waals surface area (Å²) in [5.41, 5.74) is 0.839. The Morgan fingerprint density at radius 1 is 1.60 bits per heavy atom. The first-order valence-electron chi connectivity index (χ1n) is 4.21. The van der Waals surface area contributed by atoms with Crippen LogP contribution in [-0.4, -0.2) is 25.2 Å². The van der Waals surface area contributed by atoms with Gasteiger partial charge in [-0.2, -0.15) is 5.26 Å². The van der Waals surface area contributed by atoms with E-state index in [2.05, 4.69) is 9.72 Å². The summed E-state index contributed by atoms with van der Waals surface area (Å²) >= 11 is 0. The molecule has 0 radical (unpaired) electrons. The zero-order chi connectivity index (χ0) is 11.3. The average molecular weight is 206 g/mol. The fraction of sp³-hybridized carbons (Fsp3) is 0.300. The number of nitrogens with zero attached hydrogens (tertiary/aromatic N) is 2. The van der Waals surface area contributed by atoms with Crippen molar-refractivity contribution >= 4 is 5.97 Å². The average Bonchev–Trinajstić information content (AvgIpc) is 2.28. The molecule has 15 heavy (non-hydrogen) atoms. The van der Waals surface area contributed by atoms with Gasteiger partial charge in [-0.15, -0.1) is 0 Å². The van der Waals surface area contributed by atoms with Gasteiger partial charge in [0.1, 0.15) is 6.07 Å². The topological polar surface area (TPSA) is 72.2 Å². The first kappa shape index (κ1) is 11.0. The SMILES string of the molecule is COC(=O)Cc1cc(C#N)c(OC)cn1. The summed E-state index contributed by atoms with van der Waals surface area (Å²) in [7, 11) is 2.76. The molecule has 1 rings (SSSR count). The van der Waals surface area contributed by atoms with Crippen LogP contribution < -0.4 is 4.74 Å². The number of ether oxygens (including phenoxy) is 2. The van der Waals surface area contributed by atoms with Crippen LogP contribution >= 0.6 is 0 Å². The third-order valence-electron chi connectivity index (χ3n) is 1.82. The van der Waals surface area contributed by atoms with E-state index in [0.29, 0.717) is 17.0 Å². The summed E-state index contributed by atoms with van der Waals surface area (Å²) in [6.45, 7) is 0. The van der Waals surface area contributed by atoms with Gasteiger partial charge in [-0.05, 0) is 6.07 Å². The smallest absolute Gasteiger partial charge is 0.311 e. The highest BCUT2D eigenvalue weighted by atomic mass is 16.5. The zero-order valence-corrected chi connectivity index (χ0v) is 8.48. The van der Waals surface area contributed by atoms with Gasteiger partial charge in [0.15, 0.2) is 5.75 Å². The predicted molar refractivity (Wildman–Crippen MR) is 51.2 cm³/mol. The Labute approximate surface area is 87.3 Å². The van der Waals surface area contributed by atoms with Crippen molar-refractivity contribution in [1.29, 1.82) is 5.26 Å². The lowest BCUT2D eigenvalue weighted by atomic mass is 10.2. The maximum atomic E-state index is 11.0. The minimum atomic E-state index is -0.392. The number of esters is 1. The fourth-order valence-electron chi connectivity index (χ4n) is 1.05. The van der Waals surface area contributed by atoms with Crippen LogP contribution in [0.2, 0.25) is 0 Å². The maximum Gasteiger partial charge on any atom is 0.311 e. The molecule has 0 N–H and O–H groups in total. The number of carbonyl (C=O) groups is 1. The van der Waals surface area contributed by atoms with Gasteiger partial charge in [-0.1, -0.05) is 0 Å². The Morgan fingerprint density at radius 2 is 2.33 bits per heavy atom. The molecule has 78 valence electrons. The summed E-state index contributed by atoms with van der Waals surface area (Å²) < 4.78 is 9.41. The van der Waals surface area contributed by atoms with E-state index in [0.717, 1.165) is 0 Å². The van der Waals surface area contributed by atoms with Gasteiger partial charge in [-0.25, -0.2) is 0 Å². The molecule has 0 aliphatic carbocycles. The van der Waals surface area contributed by atoms with Crippen LogP contribution in [0.4, 0.5) is 0 Å². The molecule has 0 aliphatic rings. The molecular formula is C10H10N2O3. The second-order valence-corrected chi connectivity index (χ2v) is 2.74. The lowest BCUT2D eigenvalue weighted by molar-refractivity contribution is -0.139. The third kappa shape index (κ3) is 2.68. The van der Waals surface area contributed by atoms with Crippen LogP contribution in [0.25, 0.3) is 0 Å². The number of nitriles is 1. The van der Waals surface area contributed by atoms with Crippen LogP contribution in [0.5, 0.6) is 5.75 Å². The summed E-state index contributed by atoms with van der Waals surface area (Å²) in [5.74, 6) is 0.00247. The molecule has 0 bridgehead atoms. The lowest BCUT2D eigenvalue weighted by Gasteiger charge is -2.03. The molecule has 0 fully saturated rings. The van der Waals surface area contributed by atoms with Gasteiger partial charge in [0, 0.05) is 0 Å². The van der Waals surface area contributed by atoms with Crippen LogP contribution in [0.15, 0.2) is 12.3 Å².